The Morgan fingerprint density at radius 3 is 2.74 bits per heavy atom. The first-order chi connectivity index (χ1) is 11.0. The summed E-state index contributed by atoms with van der Waals surface area (Å²) in [7, 11) is 6.22. The van der Waals surface area contributed by atoms with Gasteiger partial charge in [0, 0.05) is 39.3 Å². The molecule has 2 N–H and O–H groups in total. The van der Waals surface area contributed by atoms with Crippen LogP contribution in [0.5, 0.6) is 0 Å². The molecule has 2 rings (SSSR count). The average molecular weight is 317 g/mol. The monoisotopic (exact) mass is 317 g/mol. The number of likely N-dealkylation sites (N-methyl/N-ethyl adjacent to an activating group) is 2. The average Bonchev–Trinajstić information content (AvgIpc) is 2.54. The molecule has 0 radical (unpaired) electrons. The summed E-state index contributed by atoms with van der Waals surface area (Å²) in [5.74, 6) is 0.863. The smallest absolute Gasteiger partial charge is 0.191 e. The number of aliphatic imine (C=N–C) groups is 1. The van der Waals surface area contributed by atoms with Crippen LogP contribution in [0.1, 0.15) is 24.1 Å². The van der Waals surface area contributed by atoms with Crippen molar-refractivity contribution >= 4 is 5.96 Å². The van der Waals surface area contributed by atoms with E-state index in [2.05, 4.69) is 77.6 Å². The van der Waals surface area contributed by atoms with Gasteiger partial charge in [-0.05, 0) is 39.1 Å². The number of nitrogens with one attached hydrogen (secondary N) is 2. The van der Waals surface area contributed by atoms with Gasteiger partial charge in [0.15, 0.2) is 5.96 Å². The second-order valence-electron chi connectivity index (χ2n) is 6.57. The van der Waals surface area contributed by atoms with Crippen molar-refractivity contribution in [2.75, 3.05) is 47.3 Å². The van der Waals surface area contributed by atoms with Crippen LogP contribution in [-0.4, -0.2) is 69.1 Å². The second-order valence-corrected chi connectivity index (χ2v) is 6.57. The highest BCUT2D eigenvalue weighted by molar-refractivity contribution is 5.80. The lowest BCUT2D eigenvalue weighted by molar-refractivity contribution is 0.116. The highest BCUT2D eigenvalue weighted by atomic mass is 15.3. The maximum Gasteiger partial charge on any atom is 0.191 e. The standard InChI is InChI=1S/C18H31N5/c1-14-8-6-7-9-17(14)15(2)21-18(19-3)20-12-16-13-22(4)10-11-23(16)5/h6-9,15-16H,10-13H2,1-5H3,(H2,19,20,21). The Morgan fingerprint density at radius 1 is 1.30 bits per heavy atom. The van der Waals surface area contributed by atoms with E-state index in [-0.39, 0.29) is 6.04 Å². The van der Waals surface area contributed by atoms with Crippen LogP contribution in [0.3, 0.4) is 0 Å². The topological polar surface area (TPSA) is 42.9 Å². The van der Waals surface area contributed by atoms with Crippen LogP contribution in [0, 0.1) is 6.92 Å². The third-order valence-corrected chi connectivity index (χ3v) is 4.72. The first-order valence-electron chi connectivity index (χ1n) is 8.42. The summed E-state index contributed by atoms with van der Waals surface area (Å²) in [5, 5.41) is 6.98. The van der Waals surface area contributed by atoms with Gasteiger partial charge in [0.2, 0.25) is 0 Å². The van der Waals surface area contributed by atoms with Gasteiger partial charge >= 0.3 is 0 Å². The zero-order valence-electron chi connectivity index (χ0n) is 15.1. The molecule has 1 aliphatic heterocycles. The van der Waals surface area contributed by atoms with Gasteiger partial charge in [-0.25, -0.2) is 0 Å². The van der Waals surface area contributed by atoms with E-state index in [0.717, 1.165) is 32.1 Å². The van der Waals surface area contributed by atoms with Crippen molar-refractivity contribution in [3.05, 3.63) is 35.4 Å². The molecule has 5 nitrogen and oxygen atoms in total. The van der Waals surface area contributed by atoms with Crippen LogP contribution in [0.25, 0.3) is 0 Å². The number of aryl methyl sites for hydroxylation is 1. The first kappa shape index (κ1) is 17.8. The van der Waals surface area contributed by atoms with E-state index in [1.54, 1.807) is 0 Å². The molecule has 1 saturated heterocycles. The molecule has 23 heavy (non-hydrogen) atoms. The van der Waals surface area contributed by atoms with Gasteiger partial charge in [-0.1, -0.05) is 24.3 Å². The fourth-order valence-corrected chi connectivity index (χ4v) is 3.09. The van der Waals surface area contributed by atoms with E-state index in [0.29, 0.717) is 6.04 Å². The summed E-state index contributed by atoms with van der Waals surface area (Å²) in [5.41, 5.74) is 2.61. The van der Waals surface area contributed by atoms with E-state index >= 15 is 0 Å². The maximum atomic E-state index is 4.37. The molecule has 1 aromatic rings. The Bertz CT molecular complexity index is 528. The number of piperazine rings is 1. The van der Waals surface area contributed by atoms with Gasteiger partial charge in [-0.2, -0.15) is 0 Å². The zero-order valence-corrected chi connectivity index (χ0v) is 15.1. The quantitative estimate of drug-likeness (QED) is 0.652. The molecule has 1 heterocycles. The van der Waals surface area contributed by atoms with Crippen LogP contribution in [-0.2, 0) is 0 Å². The molecule has 0 amide bonds. The van der Waals surface area contributed by atoms with Crippen LogP contribution in [0.2, 0.25) is 0 Å². The molecule has 128 valence electrons. The molecule has 0 aliphatic carbocycles. The van der Waals surface area contributed by atoms with Gasteiger partial charge in [-0.15, -0.1) is 0 Å². The van der Waals surface area contributed by atoms with Gasteiger partial charge < -0.3 is 15.5 Å². The molecular weight excluding hydrogens is 286 g/mol. The van der Waals surface area contributed by atoms with Crippen molar-refractivity contribution in [1.82, 2.24) is 20.4 Å². The maximum absolute atomic E-state index is 4.37. The van der Waals surface area contributed by atoms with Crippen LogP contribution in [0.15, 0.2) is 29.3 Å². The number of nitrogens with zero attached hydrogens (tertiary/aromatic N) is 3. The van der Waals surface area contributed by atoms with Gasteiger partial charge in [0.1, 0.15) is 0 Å². The molecule has 2 unspecified atom stereocenters. The largest absolute Gasteiger partial charge is 0.355 e. The number of benzene rings is 1. The van der Waals surface area contributed by atoms with Crippen LogP contribution >= 0.6 is 0 Å². The van der Waals surface area contributed by atoms with E-state index in [4.69, 9.17) is 0 Å². The summed E-state index contributed by atoms with van der Waals surface area (Å²) in [6, 6.07) is 9.23. The molecule has 0 saturated carbocycles. The second kappa shape index (κ2) is 8.31. The molecular formula is C18H31N5. The summed E-state index contributed by atoms with van der Waals surface area (Å²) in [4.78, 5) is 9.18. The van der Waals surface area contributed by atoms with E-state index < -0.39 is 0 Å². The molecule has 0 bridgehead atoms. The summed E-state index contributed by atoms with van der Waals surface area (Å²) < 4.78 is 0. The van der Waals surface area contributed by atoms with Crippen molar-refractivity contribution in [3.8, 4) is 0 Å². The molecule has 1 aliphatic rings. The van der Waals surface area contributed by atoms with Gasteiger partial charge in [0.25, 0.3) is 0 Å². The SMILES string of the molecule is CN=C(NCC1CN(C)CCN1C)NC(C)c1ccccc1C. The first-order valence-corrected chi connectivity index (χ1v) is 8.42. The van der Waals surface area contributed by atoms with Crippen molar-refractivity contribution in [2.45, 2.75) is 25.9 Å². The van der Waals surface area contributed by atoms with Crippen LogP contribution in [0.4, 0.5) is 0 Å². The van der Waals surface area contributed by atoms with Crippen LogP contribution < -0.4 is 10.6 Å². The minimum Gasteiger partial charge on any atom is -0.355 e. The molecule has 0 aromatic heterocycles. The van der Waals surface area contributed by atoms with Gasteiger partial charge in [-0.3, -0.25) is 9.89 Å². The molecule has 5 heteroatoms. The Morgan fingerprint density at radius 2 is 2.04 bits per heavy atom. The summed E-state index contributed by atoms with van der Waals surface area (Å²) in [6.45, 7) is 8.58. The van der Waals surface area contributed by atoms with Gasteiger partial charge in [0.05, 0.1) is 6.04 Å². The minimum atomic E-state index is 0.231. The minimum absolute atomic E-state index is 0.231. The molecule has 0 spiro atoms. The molecule has 2 atom stereocenters. The highest BCUT2D eigenvalue weighted by Gasteiger charge is 2.22. The van der Waals surface area contributed by atoms with Crippen molar-refractivity contribution in [2.24, 2.45) is 4.99 Å². The number of guanidine groups is 1. The fraction of sp³-hybridized carbons (Fsp3) is 0.611. The lowest BCUT2D eigenvalue weighted by Gasteiger charge is -2.38. The Labute approximate surface area is 140 Å². The summed E-state index contributed by atoms with van der Waals surface area (Å²) >= 11 is 0. The Balaban J connectivity index is 1.89. The zero-order chi connectivity index (χ0) is 16.8. The predicted octanol–water partition coefficient (Wildman–Crippen LogP) is 1.47. The molecule has 1 fully saturated rings. The number of hydrogen-bond donors (Lipinski definition) is 2. The normalized spacial score (nSPS) is 22.0. The Kier molecular flexibility index (Phi) is 6.42. The Hall–Kier alpha value is -1.59. The van der Waals surface area contributed by atoms with Crippen molar-refractivity contribution in [3.63, 3.8) is 0 Å². The third-order valence-electron chi connectivity index (χ3n) is 4.72. The lowest BCUT2D eigenvalue weighted by Crippen LogP contribution is -2.55. The number of hydrogen-bond acceptors (Lipinski definition) is 3. The number of rotatable bonds is 4. The lowest BCUT2D eigenvalue weighted by atomic mass is 10.0. The van der Waals surface area contributed by atoms with E-state index in [9.17, 15) is 0 Å². The fourth-order valence-electron chi connectivity index (χ4n) is 3.09. The predicted molar refractivity (Wildman–Crippen MR) is 98.0 cm³/mol. The van der Waals surface area contributed by atoms with E-state index in [1.165, 1.54) is 11.1 Å². The van der Waals surface area contributed by atoms with E-state index in [1.807, 2.05) is 7.05 Å². The summed E-state index contributed by atoms with van der Waals surface area (Å²) in [6.07, 6.45) is 0. The third kappa shape index (κ3) is 4.94. The van der Waals surface area contributed by atoms with Crippen molar-refractivity contribution in [1.29, 1.82) is 0 Å². The van der Waals surface area contributed by atoms with Crippen molar-refractivity contribution < 1.29 is 0 Å². The molecule has 1 aromatic carbocycles. The highest BCUT2D eigenvalue weighted by Crippen LogP contribution is 2.16.